The Morgan fingerprint density at radius 1 is 1.42 bits per heavy atom. The van der Waals surface area contributed by atoms with E-state index >= 15 is 0 Å². The average molecular weight is 188 g/mol. The van der Waals surface area contributed by atoms with Crippen molar-refractivity contribution in [3.63, 3.8) is 0 Å². The maximum atomic E-state index is 10.8. The Morgan fingerprint density at radius 2 is 2.08 bits per heavy atom. The SMILES string of the molecule is C[SiH2]CCCOC(=O)CC(C)=O. The van der Waals surface area contributed by atoms with Crippen molar-refractivity contribution in [2.75, 3.05) is 6.61 Å². The van der Waals surface area contributed by atoms with Gasteiger partial charge in [-0.3, -0.25) is 9.59 Å². The van der Waals surface area contributed by atoms with Crippen LogP contribution in [0.15, 0.2) is 0 Å². The van der Waals surface area contributed by atoms with Crippen molar-refractivity contribution >= 4 is 21.3 Å². The first-order valence-electron chi connectivity index (χ1n) is 4.32. The molecule has 12 heavy (non-hydrogen) atoms. The number of rotatable bonds is 6. The van der Waals surface area contributed by atoms with Crippen LogP contribution >= 0.6 is 0 Å². The summed E-state index contributed by atoms with van der Waals surface area (Å²) >= 11 is 0. The number of Topliss-reactive ketones (excluding diaryl/α,β-unsaturated/α-hetero) is 1. The molecule has 0 radical (unpaired) electrons. The van der Waals surface area contributed by atoms with E-state index in [2.05, 4.69) is 6.55 Å². The van der Waals surface area contributed by atoms with Gasteiger partial charge in [0.15, 0.2) is 0 Å². The van der Waals surface area contributed by atoms with Gasteiger partial charge in [0.25, 0.3) is 0 Å². The molecule has 4 heteroatoms. The molecule has 0 bridgehead atoms. The lowest BCUT2D eigenvalue weighted by atomic mass is 10.3. The van der Waals surface area contributed by atoms with Crippen molar-refractivity contribution in [1.82, 2.24) is 0 Å². The van der Waals surface area contributed by atoms with Crippen molar-refractivity contribution in [2.45, 2.75) is 32.4 Å². The van der Waals surface area contributed by atoms with Gasteiger partial charge in [0.05, 0.1) is 6.61 Å². The predicted octanol–water partition coefficient (Wildman–Crippen LogP) is 0.534. The minimum Gasteiger partial charge on any atom is -0.465 e. The highest BCUT2D eigenvalue weighted by Gasteiger charge is 2.04. The van der Waals surface area contributed by atoms with E-state index in [-0.39, 0.29) is 27.7 Å². The second-order valence-corrected chi connectivity index (χ2v) is 4.51. The van der Waals surface area contributed by atoms with Crippen LogP contribution in [0.2, 0.25) is 12.6 Å². The topological polar surface area (TPSA) is 43.4 Å². The Kier molecular flexibility index (Phi) is 6.65. The molecule has 0 atom stereocenters. The predicted molar refractivity (Wildman–Crippen MR) is 50.1 cm³/mol. The van der Waals surface area contributed by atoms with Crippen LogP contribution in [0.5, 0.6) is 0 Å². The van der Waals surface area contributed by atoms with E-state index in [1.54, 1.807) is 0 Å². The van der Waals surface area contributed by atoms with Crippen molar-refractivity contribution in [1.29, 1.82) is 0 Å². The van der Waals surface area contributed by atoms with Gasteiger partial charge in [-0.1, -0.05) is 12.6 Å². The van der Waals surface area contributed by atoms with Crippen LogP contribution in [-0.2, 0) is 14.3 Å². The zero-order chi connectivity index (χ0) is 9.40. The molecule has 3 nitrogen and oxygen atoms in total. The van der Waals surface area contributed by atoms with Crippen molar-refractivity contribution in [2.24, 2.45) is 0 Å². The summed E-state index contributed by atoms with van der Waals surface area (Å²) in [5, 5.41) is 0. The first-order chi connectivity index (χ1) is 5.66. The number of carbonyl (C=O) groups is 2. The van der Waals surface area contributed by atoms with Crippen LogP contribution in [0.25, 0.3) is 0 Å². The van der Waals surface area contributed by atoms with Crippen LogP contribution in [0.3, 0.4) is 0 Å². The second-order valence-electron chi connectivity index (χ2n) is 2.81. The number of ketones is 1. The third kappa shape index (κ3) is 7.46. The molecular weight excluding hydrogens is 172 g/mol. The lowest BCUT2D eigenvalue weighted by Crippen LogP contribution is -2.09. The molecule has 0 amide bonds. The molecule has 0 saturated heterocycles. The van der Waals surface area contributed by atoms with E-state index in [0.717, 1.165) is 6.42 Å². The number of ether oxygens (including phenoxy) is 1. The molecule has 0 aliphatic rings. The van der Waals surface area contributed by atoms with Gasteiger partial charge in [0, 0.05) is 9.52 Å². The third-order valence-corrected chi connectivity index (χ3v) is 2.61. The van der Waals surface area contributed by atoms with Crippen LogP contribution in [0.4, 0.5) is 0 Å². The molecule has 0 aromatic heterocycles. The summed E-state index contributed by atoms with van der Waals surface area (Å²) in [6, 6.07) is 1.20. The third-order valence-electron chi connectivity index (χ3n) is 1.40. The zero-order valence-electron chi connectivity index (χ0n) is 7.76. The largest absolute Gasteiger partial charge is 0.465 e. The lowest BCUT2D eigenvalue weighted by Gasteiger charge is -2.01. The quantitative estimate of drug-likeness (QED) is 0.264. The monoisotopic (exact) mass is 188 g/mol. The smallest absolute Gasteiger partial charge is 0.313 e. The van der Waals surface area contributed by atoms with Gasteiger partial charge in [-0.05, 0) is 13.3 Å². The van der Waals surface area contributed by atoms with Crippen LogP contribution in [0, 0.1) is 0 Å². The molecule has 0 aromatic rings. The fourth-order valence-corrected chi connectivity index (χ4v) is 1.50. The Morgan fingerprint density at radius 3 is 2.58 bits per heavy atom. The minimum absolute atomic E-state index is 0.0798. The van der Waals surface area contributed by atoms with Crippen molar-refractivity contribution in [3.05, 3.63) is 0 Å². The highest BCUT2D eigenvalue weighted by Crippen LogP contribution is 1.93. The second kappa shape index (κ2) is 7.03. The molecule has 0 aliphatic heterocycles. The molecule has 0 saturated carbocycles. The normalized spacial score (nSPS) is 10.5. The van der Waals surface area contributed by atoms with E-state index in [0.29, 0.717) is 6.61 Å². The van der Waals surface area contributed by atoms with Crippen molar-refractivity contribution in [3.8, 4) is 0 Å². The van der Waals surface area contributed by atoms with Gasteiger partial charge >= 0.3 is 5.97 Å². The van der Waals surface area contributed by atoms with Gasteiger partial charge in [-0.15, -0.1) is 0 Å². The van der Waals surface area contributed by atoms with Gasteiger partial charge in [-0.25, -0.2) is 0 Å². The molecule has 0 unspecified atom stereocenters. The van der Waals surface area contributed by atoms with E-state index in [1.807, 2.05) is 0 Å². The Balaban J connectivity index is 3.26. The first-order valence-corrected chi connectivity index (χ1v) is 6.73. The summed E-state index contributed by atoms with van der Waals surface area (Å²) in [5.41, 5.74) is 0. The average Bonchev–Trinajstić information content (AvgIpc) is 1.97. The highest BCUT2D eigenvalue weighted by atomic mass is 28.2. The van der Waals surface area contributed by atoms with Crippen LogP contribution in [-0.4, -0.2) is 27.9 Å². The number of carbonyl (C=O) groups excluding carboxylic acids is 2. The number of hydrogen-bond acceptors (Lipinski definition) is 3. The first kappa shape index (κ1) is 11.4. The van der Waals surface area contributed by atoms with Gasteiger partial charge in [0.2, 0.25) is 0 Å². The maximum Gasteiger partial charge on any atom is 0.313 e. The molecule has 0 heterocycles. The van der Waals surface area contributed by atoms with E-state index in [9.17, 15) is 9.59 Å². The van der Waals surface area contributed by atoms with Crippen molar-refractivity contribution < 1.29 is 14.3 Å². The number of hydrogen-bond donors (Lipinski definition) is 0. The summed E-state index contributed by atoms with van der Waals surface area (Å²) in [5.74, 6) is -0.523. The molecule has 0 fully saturated rings. The molecular formula is C8H16O3Si. The van der Waals surface area contributed by atoms with Gasteiger partial charge in [-0.2, -0.15) is 0 Å². The number of esters is 1. The summed E-state index contributed by atoms with van der Waals surface area (Å²) in [7, 11) is 0.0889. The van der Waals surface area contributed by atoms with E-state index in [1.165, 1.54) is 13.0 Å². The summed E-state index contributed by atoms with van der Waals surface area (Å²) < 4.78 is 4.82. The molecule has 0 spiro atoms. The summed E-state index contributed by atoms with van der Waals surface area (Å²) in [6.45, 7) is 4.09. The minimum atomic E-state index is -0.389. The van der Waals surface area contributed by atoms with Gasteiger partial charge < -0.3 is 4.74 Å². The highest BCUT2D eigenvalue weighted by molar-refractivity contribution is 6.33. The van der Waals surface area contributed by atoms with E-state index < -0.39 is 0 Å². The fraction of sp³-hybridized carbons (Fsp3) is 0.750. The molecule has 0 rings (SSSR count). The van der Waals surface area contributed by atoms with Crippen LogP contribution in [0.1, 0.15) is 19.8 Å². The Labute approximate surface area is 75.3 Å². The lowest BCUT2D eigenvalue weighted by molar-refractivity contribution is -0.145. The summed E-state index contributed by atoms with van der Waals surface area (Å²) in [6.07, 6.45) is 0.871. The van der Waals surface area contributed by atoms with Crippen LogP contribution < -0.4 is 0 Å². The Bertz CT molecular complexity index is 156. The molecule has 0 aliphatic carbocycles. The maximum absolute atomic E-state index is 10.8. The molecule has 0 aromatic carbocycles. The summed E-state index contributed by atoms with van der Waals surface area (Å²) in [4.78, 5) is 21.2. The van der Waals surface area contributed by atoms with E-state index in [4.69, 9.17) is 4.74 Å². The fourth-order valence-electron chi connectivity index (χ4n) is 0.792. The zero-order valence-corrected chi connectivity index (χ0v) is 9.17. The van der Waals surface area contributed by atoms with Gasteiger partial charge in [0.1, 0.15) is 12.2 Å². The molecule has 70 valence electrons. The molecule has 0 N–H and O–H groups in total. The Hall–Kier alpha value is -0.643. The standard InChI is InChI=1S/C8H16O3Si/c1-7(9)6-8(10)11-4-3-5-12-2/h3-6,12H2,1-2H3.